The van der Waals surface area contributed by atoms with Gasteiger partial charge in [0, 0.05) is 5.56 Å². The van der Waals surface area contributed by atoms with Crippen LogP contribution in [0.15, 0.2) is 24.3 Å². The molecule has 0 radical (unpaired) electrons. The van der Waals surface area contributed by atoms with Crippen LogP contribution < -0.4 is 10.1 Å². The van der Waals surface area contributed by atoms with Crippen LogP contribution in [0.3, 0.4) is 0 Å². The molecule has 2 N–H and O–H groups in total. The summed E-state index contributed by atoms with van der Waals surface area (Å²) in [4.78, 5) is 22.3. The van der Waals surface area contributed by atoms with Crippen molar-refractivity contribution in [2.24, 2.45) is 5.92 Å². The van der Waals surface area contributed by atoms with Crippen LogP contribution in [0.25, 0.3) is 0 Å². The first-order valence-electron chi connectivity index (χ1n) is 5.29. The number of hydrogen-bond acceptors (Lipinski definition) is 3. The number of carbonyl (C=O) groups is 2. The smallest absolute Gasteiger partial charge is 0.316 e. The van der Waals surface area contributed by atoms with Crippen LogP contribution in [0, 0.1) is 5.92 Å². The Morgan fingerprint density at radius 1 is 1.47 bits per heavy atom. The number of amides is 1. The summed E-state index contributed by atoms with van der Waals surface area (Å²) in [5.74, 6) is -1.83. The molecule has 0 bridgehead atoms. The van der Waals surface area contributed by atoms with Crippen LogP contribution >= 0.6 is 0 Å². The van der Waals surface area contributed by atoms with Gasteiger partial charge in [-0.25, -0.2) is 0 Å². The highest BCUT2D eigenvalue weighted by Crippen LogP contribution is 2.33. The lowest BCUT2D eigenvalue weighted by atomic mass is 9.99. The fourth-order valence-electron chi connectivity index (χ4n) is 2.05. The Kier molecular flexibility index (Phi) is 2.99. The number of hydrogen-bond donors (Lipinski definition) is 2. The first-order chi connectivity index (χ1) is 8.13. The second kappa shape index (κ2) is 4.45. The zero-order valence-electron chi connectivity index (χ0n) is 9.34. The monoisotopic (exact) mass is 235 g/mol. The van der Waals surface area contributed by atoms with E-state index in [9.17, 15) is 9.59 Å². The highest BCUT2D eigenvalue weighted by Gasteiger charge is 2.38. The number of nitrogens with one attached hydrogen (secondary N) is 1. The third-order valence-electron chi connectivity index (χ3n) is 2.92. The number of para-hydroxylation sites is 1. The number of ether oxygens (including phenoxy) is 1. The predicted molar refractivity (Wildman–Crippen MR) is 59.6 cm³/mol. The Hall–Kier alpha value is -2.04. The maximum Gasteiger partial charge on any atom is 0.316 e. The average molecular weight is 235 g/mol. The molecule has 1 amide bonds. The molecule has 5 nitrogen and oxygen atoms in total. The quantitative estimate of drug-likeness (QED) is 0.765. The molecule has 17 heavy (non-hydrogen) atoms. The van der Waals surface area contributed by atoms with Crippen molar-refractivity contribution in [1.29, 1.82) is 0 Å². The average Bonchev–Trinajstić information content (AvgIpc) is 2.71. The minimum Gasteiger partial charge on any atom is -0.496 e. The third-order valence-corrected chi connectivity index (χ3v) is 2.92. The van der Waals surface area contributed by atoms with E-state index in [0.29, 0.717) is 5.75 Å². The van der Waals surface area contributed by atoms with Crippen LogP contribution in [0.1, 0.15) is 18.0 Å². The number of carbonyl (C=O) groups excluding carboxylic acids is 1. The van der Waals surface area contributed by atoms with E-state index in [4.69, 9.17) is 9.84 Å². The number of carboxylic acids is 1. The summed E-state index contributed by atoms with van der Waals surface area (Å²) in [6.45, 7) is 0. The number of benzene rings is 1. The molecular weight excluding hydrogens is 222 g/mol. The summed E-state index contributed by atoms with van der Waals surface area (Å²) in [6.07, 6.45) is 0.258. The van der Waals surface area contributed by atoms with Gasteiger partial charge in [0.05, 0.1) is 13.2 Å². The van der Waals surface area contributed by atoms with E-state index in [0.717, 1.165) is 5.56 Å². The minimum absolute atomic E-state index is 0.258. The van der Waals surface area contributed by atoms with Gasteiger partial charge in [-0.3, -0.25) is 9.59 Å². The van der Waals surface area contributed by atoms with Crippen LogP contribution in [-0.2, 0) is 9.59 Å². The van der Waals surface area contributed by atoms with Crippen molar-refractivity contribution < 1.29 is 19.4 Å². The van der Waals surface area contributed by atoms with E-state index in [1.807, 2.05) is 18.2 Å². The van der Waals surface area contributed by atoms with Crippen molar-refractivity contribution in [2.75, 3.05) is 7.11 Å². The first-order valence-corrected chi connectivity index (χ1v) is 5.29. The Morgan fingerprint density at radius 3 is 2.76 bits per heavy atom. The van der Waals surface area contributed by atoms with Crippen molar-refractivity contribution in [2.45, 2.75) is 12.5 Å². The lowest BCUT2D eigenvalue weighted by Crippen LogP contribution is -2.25. The molecule has 1 heterocycles. The van der Waals surface area contributed by atoms with Gasteiger partial charge in [0.2, 0.25) is 5.91 Å². The molecule has 0 spiro atoms. The van der Waals surface area contributed by atoms with Gasteiger partial charge < -0.3 is 15.2 Å². The first kappa shape index (κ1) is 11.4. The Bertz CT molecular complexity index is 458. The van der Waals surface area contributed by atoms with Crippen LogP contribution in [-0.4, -0.2) is 24.1 Å². The van der Waals surface area contributed by atoms with Gasteiger partial charge >= 0.3 is 5.97 Å². The topological polar surface area (TPSA) is 75.6 Å². The molecular formula is C12H13NO4. The number of methoxy groups -OCH3 is 1. The van der Waals surface area contributed by atoms with E-state index < -0.39 is 17.8 Å². The third kappa shape index (κ3) is 2.08. The Labute approximate surface area is 98.4 Å². The lowest BCUT2D eigenvalue weighted by molar-refractivity contribution is -0.145. The number of rotatable bonds is 3. The van der Waals surface area contributed by atoms with Crippen LogP contribution in [0.2, 0.25) is 0 Å². The number of aliphatic carboxylic acids is 1. The standard InChI is InChI=1S/C12H13NO4/c1-17-10-5-3-2-4-7(10)9-6-8(12(15)16)11(14)13-9/h2-5,8-9H,6H2,1H3,(H,13,14)(H,15,16)/t8-,9-/m0/s1. The molecule has 1 aromatic rings. The minimum atomic E-state index is -1.08. The summed E-state index contributed by atoms with van der Waals surface area (Å²) in [5.41, 5.74) is 0.812. The summed E-state index contributed by atoms with van der Waals surface area (Å²) in [5, 5.41) is 11.6. The second-order valence-corrected chi connectivity index (χ2v) is 3.93. The summed E-state index contributed by atoms with van der Waals surface area (Å²) >= 11 is 0. The van der Waals surface area contributed by atoms with E-state index in [1.54, 1.807) is 13.2 Å². The molecule has 0 aliphatic carbocycles. The van der Waals surface area contributed by atoms with Gasteiger partial charge in [-0.1, -0.05) is 18.2 Å². The molecule has 2 atom stereocenters. The largest absolute Gasteiger partial charge is 0.496 e. The molecule has 90 valence electrons. The van der Waals surface area contributed by atoms with E-state index >= 15 is 0 Å². The molecule has 0 unspecified atom stereocenters. The predicted octanol–water partition coefficient (Wildman–Crippen LogP) is 0.957. The van der Waals surface area contributed by atoms with Gasteiger partial charge in [-0.05, 0) is 12.5 Å². The zero-order chi connectivity index (χ0) is 12.4. The maximum absolute atomic E-state index is 11.5. The highest BCUT2D eigenvalue weighted by atomic mass is 16.5. The van der Waals surface area contributed by atoms with E-state index in [-0.39, 0.29) is 12.5 Å². The summed E-state index contributed by atoms with van der Waals surface area (Å²) < 4.78 is 5.19. The maximum atomic E-state index is 11.5. The van der Waals surface area contributed by atoms with Gasteiger partial charge in [-0.2, -0.15) is 0 Å². The lowest BCUT2D eigenvalue weighted by Gasteiger charge is -2.14. The van der Waals surface area contributed by atoms with Crippen molar-refractivity contribution in [1.82, 2.24) is 5.32 Å². The molecule has 2 rings (SSSR count). The van der Waals surface area contributed by atoms with Crippen molar-refractivity contribution in [3.8, 4) is 5.75 Å². The fraction of sp³-hybridized carbons (Fsp3) is 0.333. The SMILES string of the molecule is COc1ccccc1[C@@H]1C[C@H](C(=O)O)C(=O)N1. The second-order valence-electron chi connectivity index (χ2n) is 3.93. The Morgan fingerprint density at radius 2 is 2.18 bits per heavy atom. The van der Waals surface area contributed by atoms with Crippen LogP contribution in [0.5, 0.6) is 5.75 Å². The molecule has 1 aliphatic heterocycles. The molecule has 1 fully saturated rings. The van der Waals surface area contributed by atoms with Gasteiger partial charge in [-0.15, -0.1) is 0 Å². The van der Waals surface area contributed by atoms with Crippen molar-refractivity contribution in [3.05, 3.63) is 29.8 Å². The van der Waals surface area contributed by atoms with Crippen molar-refractivity contribution in [3.63, 3.8) is 0 Å². The fourth-order valence-corrected chi connectivity index (χ4v) is 2.05. The van der Waals surface area contributed by atoms with Gasteiger partial charge in [0.15, 0.2) is 0 Å². The number of carboxylic acid groups (broad SMARTS) is 1. The summed E-state index contributed by atoms with van der Waals surface area (Å²) in [6, 6.07) is 6.98. The molecule has 1 aromatic carbocycles. The molecule has 5 heteroatoms. The normalized spacial score (nSPS) is 23.2. The zero-order valence-corrected chi connectivity index (χ0v) is 9.34. The molecule has 1 aliphatic rings. The molecule has 0 aromatic heterocycles. The van der Waals surface area contributed by atoms with E-state index in [2.05, 4.69) is 5.32 Å². The highest BCUT2D eigenvalue weighted by molar-refractivity contribution is 5.98. The van der Waals surface area contributed by atoms with Gasteiger partial charge in [0.1, 0.15) is 11.7 Å². The molecule has 1 saturated heterocycles. The van der Waals surface area contributed by atoms with Crippen molar-refractivity contribution >= 4 is 11.9 Å². The summed E-state index contributed by atoms with van der Waals surface area (Å²) in [7, 11) is 1.55. The van der Waals surface area contributed by atoms with E-state index in [1.165, 1.54) is 0 Å². The van der Waals surface area contributed by atoms with Crippen LogP contribution in [0.4, 0.5) is 0 Å². The molecule has 0 saturated carbocycles. The Balaban J connectivity index is 2.25. The van der Waals surface area contributed by atoms with Gasteiger partial charge in [0.25, 0.3) is 0 Å².